The molecule has 8 nitrogen and oxygen atoms in total. The van der Waals surface area contributed by atoms with E-state index in [2.05, 4.69) is 20.2 Å². The zero-order valence-electron chi connectivity index (χ0n) is 15.9. The number of anilines is 1. The molecule has 2 aromatic rings. The molecule has 1 aliphatic carbocycles. The molecule has 27 heavy (non-hydrogen) atoms. The molecule has 0 bridgehead atoms. The van der Waals surface area contributed by atoms with Crippen LogP contribution in [-0.2, 0) is 0 Å². The van der Waals surface area contributed by atoms with Crippen molar-refractivity contribution in [2.24, 2.45) is 0 Å². The van der Waals surface area contributed by atoms with Gasteiger partial charge in [-0.25, -0.2) is 9.78 Å². The quantitative estimate of drug-likeness (QED) is 0.719. The number of pyridine rings is 1. The maximum atomic E-state index is 12.6. The van der Waals surface area contributed by atoms with E-state index >= 15 is 0 Å². The van der Waals surface area contributed by atoms with Gasteiger partial charge in [0, 0.05) is 25.0 Å². The molecule has 0 aliphatic heterocycles. The Kier molecular flexibility index (Phi) is 6.05. The smallest absolute Gasteiger partial charge is 0.341 e. The van der Waals surface area contributed by atoms with Gasteiger partial charge in [0.1, 0.15) is 11.2 Å². The number of hydrogen-bond donors (Lipinski definition) is 2. The van der Waals surface area contributed by atoms with E-state index in [9.17, 15) is 14.7 Å². The van der Waals surface area contributed by atoms with E-state index in [1.54, 1.807) is 0 Å². The van der Waals surface area contributed by atoms with Crippen molar-refractivity contribution in [3.63, 3.8) is 0 Å². The van der Waals surface area contributed by atoms with Crippen molar-refractivity contribution in [2.75, 3.05) is 32.5 Å². The SMILES string of the molecule is CN(C)CCCNc1ncc2c(=O)c(C(=O)O)cn(C3CCCCC3)c2n1. The van der Waals surface area contributed by atoms with E-state index < -0.39 is 11.4 Å². The number of nitrogens with one attached hydrogen (secondary N) is 1. The number of hydrogen-bond acceptors (Lipinski definition) is 6. The fraction of sp³-hybridized carbons (Fsp3) is 0.579. The molecule has 2 aromatic heterocycles. The van der Waals surface area contributed by atoms with Crippen LogP contribution >= 0.6 is 0 Å². The second-order valence-electron chi connectivity index (χ2n) is 7.39. The van der Waals surface area contributed by atoms with E-state index in [-0.39, 0.29) is 17.0 Å². The molecule has 0 unspecified atom stereocenters. The van der Waals surface area contributed by atoms with Crippen molar-refractivity contribution >= 4 is 23.0 Å². The summed E-state index contributed by atoms with van der Waals surface area (Å²) in [6, 6.07) is 0.163. The topological polar surface area (TPSA) is 100 Å². The summed E-state index contributed by atoms with van der Waals surface area (Å²) < 4.78 is 1.88. The molecule has 1 aliphatic rings. The number of rotatable bonds is 7. The van der Waals surface area contributed by atoms with E-state index in [1.807, 2.05) is 18.7 Å². The van der Waals surface area contributed by atoms with Crippen LogP contribution in [0.25, 0.3) is 11.0 Å². The number of nitrogens with zero attached hydrogens (tertiary/aromatic N) is 4. The number of aromatic nitrogens is 3. The molecule has 2 N–H and O–H groups in total. The number of carbonyl (C=O) groups is 1. The molecule has 0 spiro atoms. The first-order chi connectivity index (χ1) is 13.0. The van der Waals surface area contributed by atoms with Crippen LogP contribution in [0.2, 0.25) is 0 Å². The lowest BCUT2D eigenvalue weighted by atomic mass is 9.95. The van der Waals surface area contributed by atoms with Crippen LogP contribution in [0.1, 0.15) is 54.9 Å². The summed E-state index contributed by atoms with van der Waals surface area (Å²) in [5.41, 5.74) is -0.228. The first-order valence-corrected chi connectivity index (χ1v) is 9.51. The zero-order valence-corrected chi connectivity index (χ0v) is 15.9. The van der Waals surface area contributed by atoms with Gasteiger partial charge in [-0.15, -0.1) is 0 Å². The van der Waals surface area contributed by atoms with Gasteiger partial charge >= 0.3 is 5.97 Å². The van der Waals surface area contributed by atoms with Crippen LogP contribution in [-0.4, -0.2) is 57.7 Å². The van der Waals surface area contributed by atoms with Crippen molar-refractivity contribution < 1.29 is 9.90 Å². The number of carboxylic acids is 1. The predicted octanol–water partition coefficient (Wildman–Crippen LogP) is 2.36. The first kappa shape index (κ1) is 19.3. The van der Waals surface area contributed by atoms with Gasteiger partial charge < -0.3 is 19.9 Å². The van der Waals surface area contributed by atoms with Gasteiger partial charge in [0.05, 0.1) is 5.39 Å². The Morgan fingerprint density at radius 2 is 2.07 bits per heavy atom. The summed E-state index contributed by atoms with van der Waals surface area (Å²) in [4.78, 5) is 35.0. The Morgan fingerprint density at radius 1 is 1.33 bits per heavy atom. The molecule has 1 saturated carbocycles. The van der Waals surface area contributed by atoms with E-state index in [4.69, 9.17) is 0 Å². The molecule has 1 fully saturated rings. The van der Waals surface area contributed by atoms with Crippen molar-refractivity contribution in [1.29, 1.82) is 0 Å². The average molecular weight is 373 g/mol. The van der Waals surface area contributed by atoms with Gasteiger partial charge in [0.25, 0.3) is 0 Å². The summed E-state index contributed by atoms with van der Waals surface area (Å²) in [7, 11) is 4.05. The minimum Gasteiger partial charge on any atom is -0.477 e. The largest absolute Gasteiger partial charge is 0.477 e. The Balaban J connectivity index is 1.98. The molecule has 0 atom stereocenters. The van der Waals surface area contributed by atoms with Crippen LogP contribution in [0, 0.1) is 0 Å². The monoisotopic (exact) mass is 373 g/mol. The van der Waals surface area contributed by atoms with Crippen LogP contribution < -0.4 is 10.7 Å². The van der Waals surface area contributed by atoms with Gasteiger partial charge in [-0.2, -0.15) is 4.98 Å². The molecule has 146 valence electrons. The van der Waals surface area contributed by atoms with E-state index in [0.29, 0.717) is 11.6 Å². The molecule has 2 heterocycles. The van der Waals surface area contributed by atoms with Gasteiger partial charge in [-0.1, -0.05) is 19.3 Å². The summed E-state index contributed by atoms with van der Waals surface area (Å²) in [6.07, 6.45) is 9.18. The molecule has 0 radical (unpaired) electrons. The lowest BCUT2D eigenvalue weighted by molar-refractivity contribution is 0.0694. The molecule has 8 heteroatoms. The highest BCUT2D eigenvalue weighted by atomic mass is 16.4. The normalized spacial score (nSPS) is 15.4. The van der Waals surface area contributed by atoms with Crippen molar-refractivity contribution in [2.45, 2.75) is 44.6 Å². The van der Waals surface area contributed by atoms with Crippen molar-refractivity contribution in [3.8, 4) is 0 Å². The second kappa shape index (κ2) is 8.47. The Morgan fingerprint density at radius 3 is 2.74 bits per heavy atom. The van der Waals surface area contributed by atoms with Crippen molar-refractivity contribution in [1.82, 2.24) is 19.4 Å². The zero-order chi connectivity index (χ0) is 19.4. The summed E-state index contributed by atoms with van der Waals surface area (Å²) >= 11 is 0. The Hall–Kier alpha value is -2.48. The maximum absolute atomic E-state index is 12.6. The minimum absolute atomic E-state index is 0.163. The Labute approximate surface area is 158 Å². The number of fused-ring (bicyclic) bond motifs is 1. The highest BCUT2D eigenvalue weighted by Gasteiger charge is 2.22. The molecular formula is C19H27N5O3. The number of aromatic carboxylic acids is 1. The van der Waals surface area contributed by atoms with Crippen molar-refractivity contribution in [3.05, 3.63) is 28.2 Å². The van der Waals surface area contributed by atoms with Crippen LogP contribution in [0.3, 0.4) is 0 Å². The first-order valence-electron chi connectivity index (χ1n) is 9.51. The number of carboxylic acid groups (broad SMARTS) is 1. The van der Waals surface area contributed by atoms with Gasteiger partial charge in [-0.3, -0.25) is 4.79 Å². The Bertz CT molecular complexity index is 872. The fourth-order valence-electron chi connectivity index (χ4n) is 3.60. The molecular weight excluding hydrogens is 346 g/mol. The summed E-state index contributed by atoms with van der Waals surface area (Å²) in [5, 5.41) is 12.9. The molecule has 0 aromatic carbocycles. The lowest BCUT2D eigenvalue weighted by Crippen LogP contribution is -2.23. The van der Waals surface area contributed by atoms with Crippen LogP contribution in [0.15, 0.2) is 17.2 Å². The van der Waals surface area contributed by atoms with Crippen LogP contribution in [0.4, 0.5) is 5.95 Å². The maximum Gasteiger partial charge on any atom is 0.341 e. The van der Waals surface area contributed by atoms with Gasteiger partial charge in [-0.05, 0) is 39.9 Å². The van der Waals surface area contributed by atoms with E-state index in [1.165, 1.54) is 18.8 Å². The third-order valence-corrected chi connectivity index (χ3v) is 5.03. The molecule has 0 amide bonds. The van der Waals surface area contributed by atoms with Crippen LogP contribution in [0.5, 0.6) is 0 Å². The summed E-state index contributed by atoms with van der Waals surface area (Å²) in [5.74, 6) is -0.745. The van der Waals surface area contributed by atoms with Gasteiger partial charge in [0.15, 0.2) is 0 Å². The predicted molar refractivity (Wildman–Crippen MR) is 105 cm³/mol. The highest BCUT2D eigenvalue weighted by Crippen LogP contribution is 2.30. The summed E-state index contributed by atoms with van der Waals surface area (Å²) in [6.45, 7) is 1.68. The van der Waals surface area contributed by atoms with Gasteiger partial charge in [0.2, 0.25) is 11.4 Å². The van der Waals surface area contributed by atoms with E-state index in [0.717, 1.165) is 45.2 Å². The standard InChI is InChI=1S/C19H27N5O3/c1-23(2)10-6-9-20-19-21-11-14-16(25)15(18(26)27)12-24(17(14)22-19)13-7-4-3-5-8-13/h11-13H,3-10H2,1-2H3,(H,26,27)(H,20,21,22). The molecule has 0 saturated heterocycles. The molecule has 3 rings (SSSR count). The lowest BCUT2D eigenvalue weighted by Gasteiger charge is -2.26. The average Bonchev–Trinajstić information content (AvgIpc) is 2.66. The third-order valence-electron chi connectivity index (χ3n) is 5.03. The second-order valence-corrected chi connectivity index (χ2v) is 7.39. The minimum atomic E-state index is -1.21. The third kappa shape index (κ3) is 4.44. The fourth-order valence-corrected chi connectivity index (χ4v) is 3.60. The highest BCUT2D eigenvalue weighted by molar-refractivity contribution is 5.91.